The minimum atomic E-state index is -0.500. The van der Waals surface area contributed by atoms with Crippen molar-refractivity contribution >= 4 is 47.4 Å². The highest BCUT2D eigenvalue weighted by molar-refractivity contribution is 8.13. The van der Waals surface area contributed by atoms with Crippen LogP contribution in [-0.2, 0) is 14.3 Å². The van der Waals surface area contributed by atoms with Gasteiger partial charge in [0.25, 0.3) is 5.84 Å². The Balaban J connectivity index is 0.000000191. The molecule has 178 valence electrons. The van der Waals surface area contributed by atoms with Crippen molar-refractivity contribution < 1.29 is 19.1 Å². The second kappa shape index (κ2) is 12.6. The quantitative estimate of drug-likeness (QED) is 0.293. The van der Waals surface area contributed by atoms with Gasteiger partial charge in [0.15, 0.2) is 0 Å². The van der Waals surface area contributed by atoms with Crippen LogP contribution in [0.25, 0.3) is 5.69 Å². The SMILES string of the molecule is CCOC(=O)C1=NNN(S)N1c1ccccc1.CCOC(=O)Sc1nnnn1-c1ccccc1. The summed E-state index contributed by atoms with van der Waals surface area (Å²) in [6.07, 6.45) is 0. The van der Waals surface area contributed by atoms with Crippen LogP contribution in [0.5, 0.6) is 0 Å². The Bertz CT molecular complexity index is 1110. The van der Waals surface area contributed by atoms with Crippen LogP contribution in [0.1, 0.15) is 13.8 Å². The Labute approximate surface area is 205 Å². The number of amidine groups is 1. The third kappa shape index (κ3) is 6.46. The van der Waals surface area contributed by atoms with E-state index in [2.05, 4.69) is 39.0 Å². The van der Waals surface area contributed by atoms with Gasteiger partial charge in [0.1, 0.15) is 0 Å². The summed E-state index contributed by atoms with van der Waals surface area (Å²) in [5.74, 6) is -0.353. The highest BCUT2D eigenvalue weighted by Gasteiger charge is 2.31. The molecule has 1 aliphatic heterocycles. The molecule has 0 atom stereocenters. The van der Waals surface area contributed by atoms with Gasteiger partial charge >= 0.3 is 11.3 Å². The summed E-state index contributed by atoms with van der Waals surface area (Å²) in [4.78, 5) is 23.0. The van der Waals surface area contributed by atoms with E-state index in [0.29, 0.717) is 18.4 Å². The highest BCUT2D eigenvalue weighted by atomic mass is 32.2. The molecule has 0 amide bonds. The van der Waals surface area contributed by atoms with Crippen LogP contribution in [-0.4, -0.2) is 55.1 Å². The number of nitrogens with one attached hydrogen (secondary N) is 1. The predicted molar refractivity (Wildman–Crippen MR) is 129 cm³/mol. The van der Waals surface area contributed by atoms with Crippen LogP contribution in [0, 0.1) is 0 Å². The molecule has 0 saturated carbocycles. The first-order valence-electron chi connectivity index (χ1n) is 10.1. The molecular formula is C20H22N8O4S2. The minimum Gasteiger partial charge on any atom is -0.460 e. The van der Waals surface area contributed by atoms with E-state index in [1.807, 2.05) is 60.7 Å². The first-order chi connectivity index (χ1) is 16.5. The van der Waals surface area contributed by atoms with Gasteiger partial charge in [-0.05, 0) is 61.4 Å². The molecule has 12 nitrogen and oxygen atoms in total. The highest BCUT2D eigenvalue weighted by Crippen LogP contribution is 2.21. The van der Waals surface area contributed by atoms with Crippen molar-refractivity contribution in [1.29, 1.82) is 0 Å². The van der Waals surface area contributed by atoms with E-state index in [-0.39, 0.29) is 5.84 Å². The number of anilines is 1. The molecule has 0 unspecified atom stereocenters. The fourth-order valence-corrected chi connectivity index (χ4v) is 3.46. The van der Waals surface area contributed by atoms with Crippen LogP contribution in [0.4, 0.5) is 10.5 Å². The van der Waals surface area contributed by atoms with E-state index >= 15 is 0 Å². The summed E-state index contributed by atoms with van der Waals surface area (Å²) in [6.45, 7) is 4.12. The number of hydrogen-bond acceptors (Lipinski definition) is 13. The number of hydrazine groups is 2. The Morgan fingerprint density at radius 2 is 1.59 bits per heavy atom. The Hall–Kier alpha value is -3.62. The van der Waals surface area contributed by atoms with Crippen LogP contribution < -0.4 is 10.5 Å². The Morgan fingerprint density at radius 3 is 2.21 bits per heavy atom. The lowest BCUT2D eigenvalue weighted by Crippen LogP contribution is -2.42. The van der Waals surface area contributed by atoms with Gasteiger partial charge < -0.3 is 9.47 Å². The molecule has 2 aromatic carbocycles. The van der Waals surface area contributed by atoms with E-state index in [1.54, 1.807) is 13.8 Å². The van der Waals surface area contributed by atoms with Crippen molar-refractivity contribution in [1.82, 2.24) is 30.3 Å². The summed E-state index contributed by atoms with van der Waals surface area (Å²) >= 11 is 5.01. The summed E-state index contributed by atoms with van der Waals surface area (Å²) in [5, 5.41) is 16.5. The van der Waals surface area contributed by atoms with Crippen molar-refractivity contribution in [2.24, 2.45) is 5.10 Å². The monoisotopic (exact) mass is 502 g/mol. The third-order valence-electron chi connectivity index (χ3n) is 3.97. The first-order valence-corrected chi connectivity index (χ1v) is 11.3. The number of aromatic nitrogens is 4. The van der Waals surface area contributed by atoms with E-state index in [4.69, 9.17) is 9.47 Å². The fraction of sp³-hybridized carbons (Fsp3) is 0.200. The van der Waals surface area contributed by atoms with E-state index in [9.17, 15) is 9.59 Å². The summed E-state index contributed by atoms with van der Waals surface area (Å²) < 4.78 is 12.5. The number of benzene rings is 2. The number of ether oxygens (including phenoxy) is 2. The summed E-state index contributed by atoms with van der Waals surface area (Å²) in [5.41, 5.74) is 4.13. The molecule has 14 heteroatoms. The van der Waals surface area contributed by atoms with Crippen molar-refractivity contribution in [3.8, 4) is 5.69 Å². The number of nitrogens with zero attached hydrogens (tertiary/aromatic N) is 7. The number of rotatable bonds is 6. The molecule has 1 aliphatic rings. The average Bonchev–Trinajstić information content (AvgIpc) is 3.47. The minimum absolute atomic E-state index is 0.146. The third-order valence-corrected chi connectivity index (χ3v) is 4.96. The molecule has 1 N–H and O–H groups in total. The van der Waals surface area contributed by atoms with Crippen molar-refractivity contribution in [3.05, 3.63) is 60.7 Å². The van der Waals surface area contributed by atoms with Crippen molar-refractivity contribution in [2.45, 2.75) is 19.0 Å². The number of esters is 1. The van der Waals surface area contributed by atoms with Gasteiger partial charge in [-0.1, -0.05) is 40.9 Å². The molecular weight excluding hydrogens is 480 g/mol. The van der Waals surface area contributed by atoms with E-state index < -0.39 is 11.3 Å². The van der Waals surface area contributed by atoms with Crippen LogP contribution in [0.15, 0.2) is 70.9 Å². The summed E-state index contributed by atoms with van der Waals surface area (Å²) in [7, 11) is 0. The molecule has 0 aliphatic carbocycles. The second-order valence-electron chi connectivity index (χ2n) is 6.19. The lowest BCUT2D eigenvalue weighted by Gasteiger charge is -2.23. The number of hydrogen-bond donors (Lipinski definition) is 2. The number of hydrazone groups is 1. The van der Waals surface area contributed by atoms with E-state index in [0.717, 1.165) is 23.1 Å². The number of para-hydroxylation sites is 2. The largest absolute Gasteiger partial charge is 0.460 e. The number of tetrazole rings is 1. The van der Waals surface area contributed by atoms with Gasteiger partial charge in [0, 0.05) is 11.8 Å². The zero-order valence-electron chi connectivity index (χ0n) is 18.3. The lowest BCUT2D eigenvalue weighted by atomic mass is 10.3. The number of carbonyl (C=O) groups is 2. The molecule has 1 aromatic heterocycles. The van der Waals surface area contributed by atoms with Crippen LogP contribution in [0.3, 0.4) is 0 Å². The first kappa shape index (κ1) is 25.0. The molecule has 0 bridgehead atoms. The predicted octanol–water partition coefficient (Wildman–Crippen LogP) is 2.86. The van der Waals surface area contributed by atoms with Gasteiger partial charge in [0.05, 0.1) is 24.6 Å². The standard InChI is InChI=1S/C10H10N4O2S.C10H12N4O2S/c1-2-16-10(15)17-9-11-12-13-14(9)8-6-4-3-5-7-8;1-2-16-10(15)9-11-12-14(17)13(9)8-6-4-3-5-7-8/h3-7H,2H2,1H3;3-7,12,17H,2H2,1H3. The average molecular weight is 503 g/mol. The van der Waals surface area contributed by atoms with Crippen molar-refractivity contribution in [3.63, 3.8) is 0 Å². The molecule has 2 heterocycles. The second-order valence-corrected chi connectivity index (χ2v) is 7.47. The molecule has 0 saturated heterocycles. The molecule has 4 rings (SSSR count). The maximum absolute atomic E-state index is 11.7. The maximum Gasteiger partial charge on any atom is 0.377 e. The summed E-state index contributed by atoms with van der Waals surface area (Å²) in [6, 6.07) is 18.6. The lowest BCUT2D eigenvalue weighted by molar-refractivity contribution is -0.135. The Kier molecular flexibility index (Phi) is 9.25. The van der Waals surface area contributed by atoms with E-state index in [1.165, 1.54) is 14.2 Å². The number of thiol groups is 1. The zero-order chi connectivity index (χ0) is 24.3. The molecule has 0 spiro atoms. The van der Waals surface area contributed by atoms with Gasteiger partial charge in [-0.25, -0.2) is 20.1 Å². The Morgan fingerprint density at radius 1 is 0.971 bits per heavy atom. The molecule has 0 radical (unpaired) electrons. The zero-order valence-corrected chi connectivity index (χ0v) is 20.0. The molecule has 3 aromatic rings. The van der Waals surface area contributed by atoms with Gasteiger partial charge in [-0.15, -0.1) is 10.2 Å². The smallest absolute Gasteiger partial charge is 0.377 e. The van der Waals surface area contributed by atoms with Crippen LogP contribution in [0.2, 0.25) is 0 Å². The van der Waals surface area contributed by atoms with Crippen LogP contribution >= 0.6 is 24.6 Å². The molecule has 34 heavy (non-hydrogen) atoms. The molecule has 0 fully saturated rings. The maximum atomic E-state index is 11.7. The normalized spacial score (nSPS) is 12.8. The van der Waals surface area contributed by atoms with Gasteiger partial charge in [0.2, 0.25) is 5.16 Å². The van der Waals surface area contributed by atoms with Gasteiger partial charge in [-0.3, -0.25) is 0 Å². The topological polar surface area (TPSA) is 127 Å². The number of thioether (sulfide) groups is 1. The fourth-order valence-electron chi connectivity index (χ4n) is 2.60. The van der Waals surface area contributed by atoms with Crippen molar-refractivity contribution in [2.75, 3.05) is 18.2 Å². The van der Waals surface area contributed by atoms with Gasteiger partial charge in [-0.2, -0.15) is 4.68 Å². The number of carbonyl (C=O) groups excluding carboxylic acids is 2.